The average molecular weight is 315 g/mol. The molecule has 6 heteroatoms. The molecule has 0 fully saturated rings. The van der Waals surface area contributed by atoms with Crippen molar-refractivity contribution in [1.82, 2.24) is 10.3 Å². The molecule has 0 aromatic carbocycles. The second-order valence-electron chi connectivity index (χ2n) is 4.05. The van der Waals surface area contributed by atoms with E-state index in [-0.39, 0.29) is 11.6 Å². The Labute approximate surface area is 114 Å². The Bertz CT molecular complexity index is 449. The van der Waals surface area contributed by atoms with Crippen molar-refractivity contribution in [3.8, 4) is 0 Å². The first-order valence-electron chi connectivity index (χ1n) is 5.46. The maximum absolute atomic E-state index is 12.0. The van der Waals surface area contributed by atoms with E-state index in [1.807, 2.05) is 13.8 Å². The van der Waals surface area contributed by atoms with Crippen LogP contribution in [0.3, 0.4) is 0 Å². The summed E-state index contributed by atoms with van der Waals surface area (Å²) in [5.74, 6) is -0.944. The fourth-order valence-corrected chi connectivity index (χ4v) is 1.82. The number of hydrogen-bond acceptors (Lipinski definition) is 4. The minimum atomic E-state index is -0.684. The zero-order valence-corrected chi connectivity index (χ0v) is 12.0. The van der Waals surface area contributed by atoms with Crippen molar-refractivity contribution in [3.05, 3.63) is 28.5 Å². The molecule has 1 aromatic rings. The second-order valence-corrected chi connectivity index (χ2v) is 4.91. The summed E-state index contributed by atoms with van der Waals surface area (Å²) in [5.41, 5.74) is 0.243. The lowest BCUT2D eigenvalue weighted by Gasteiger charge is -2.19. The van der Waals surface area contributed by atoms with Crippen LogP contribution in [0.4, 0.5) is 0 Å². The highest BCUT2D eigenvalue weighted by Crippen LogP contribution is 2.14. The molecule has 0 saturated heterocycles. The first-order chi connectivity index (χ1) is 8.47. The predicted octanol–water partition coefficient (Wildman–Crippen LogP) is 1.77. The number of hydrogen-bond donors (Lipinski definition) is 1. The van der Waals surface area contributed by atoms with Crippen LogP contribution < -0.4 is 5.32 Å². The molecule has 18 heavy (non-hydrogen) atoms. The van der Waals surface area contributed by atoms with E-state index in [1.165, 1.54) is 13.3 Å². The van der Waals surface area contributed by atoms with Gasteiger partial charge in [0.1, 0.15) is 11.7 Å². The highest BCUT2D eigenvalue weighted by Gasteiger charge is 2.26. The van der Waals surface area contributed by atoms with E-state index in [4.69, 9.17) is 0 Å². The van der Waals surface area contributed by atoms with Gasteiger partial charge in [-0.3, -0.25) is 4.79 Å². The highest BCUT2D eigenvalue weighted by atomic mass is 79.9. The van der Waals surface area contributed by atoms with E-state index in [9.17, 15) is 9.59 Å². The number of amides is 1. The normalized spacial score (nSPS) is 12.1. The summed E-state index contributed by atoms with van der Waals surface area (Å²) < 4.78 is 5.23. The second kappa shape index (κ2) is 6.49. The summed E-state index contributed by atoms with van der Waals surface area (Å²) in [5, 5.41) is 2.62. The fraction of sp³-hybridized carbons (Fsp3) is 0.417. The number of nitrogens with one attached hydrogen (secondary N) is 1. The monoisotopic (exact) mass is 314 g/mol. The molecule has 0 bridgehead atoms. The van der Waals surface area contributed by atoms with E-state index in [0.29, 0.717) is 4.47 Å². The number of halogens is 1. The maximum Gasteiger partial charge on any atom is 0.328 e. The Morgan fingerprint density at radius 2 is 2.11 bits per heavy atom. The van der Waals surface area contributed by atoms with Gasteiger partial charge in [0, 0.05) is 10.7 Å². The lowest BCUT2D eigenvalue weighted by molar-refractivity contribution is -0.144. The van der Waals surface area contributed by atoms with E-state index >= 15 is 0 Å². The number of rotatable bonds is 4. The number of ether oxygens (including phenoxy) is 1. The summed E-state index contributed by atoms with van der Waals surface area (Å²) in [4.78, 5) is 27.5. The maximum atomic E-state index is 12.0. The highest BCUT2D eigenvalue weighted by molar-refractivity contribution is 9.10. The molecule has 98 valence electrons. The summed E-state index contributed by atoms with van der Waals surface area (Å²) >= 11 is 3.24. The summed E-state index contributed by atoms with van der Waals surface area (Å²) in [6, 6.07) is 2.74. The molecule has 0 aliphatic rings. The van der Waals surface area contributed by atoms with Crippen molar-refractivity contribution in [3.63, 3.8) is 0 Å². The average Bonchev–Trinajstić information content (AvgIpc) is 2.35. The van der Waals surface area contributed by atoms with Crippen molar-refractivity contribution in [2.24, 2.45) is 5.92 Å². The van der Waals surface area contributed by atoms with Gasteiger partial charge in [-0.2, -0.15) is 0 Å². The van der Waals surface area contributed by atoms with Crippen LogP contribution in [0.25, 0.3) is 0 Å². The van der Waals surface area contributed by atoms with Gasteiger partial charge in [0.25, 0.3) is 5.91 Å². The fourth-order valence-electron chi connectivity index (χ4n) is 1.39. The quantitative estimate of drug-likeness (QED) is 0.860. The smallest absolute Gasteiger partial charge is 0.328 e. The number of aromatic nitrogens is 1. The third kappa shape index (κ3) is 3.53. The predicted molar refractivity (Wildman–Crippen MR) is 70.0 cm³/mol. The lowest BCUT2D eigenvalue weighted by atomic mass is 10.0. The molecule has 0 aliphatic carbocycles. The number of nitrogens with zero attached hydrogens (tertiary/aromatic N) is 1. The van der Waals surface area contributed by atoms with E-state index in [2.05, 4.69) is 31.0 Å². The number of esters is 1. The molecule has 1 aromatic heterocycles. The molecule has 1 atom stereocenters. The molecule has 1 N–H and O–H groups in total. The molecule has 5 nitrogen and oxygen atoms in total. The van der Waals surface area contributed by atoms with Crippen molar-refractivity contribution >= 4 is 27.8 Å². The van der Waals surface area contributed by atoms with Gasteiger partial charge in [-0.05, 0) is 34.0 Å². The van der Waals surface area contributed by atoms with Crippen molar-refractivity contribution < 1.29 is 14.3 Å². The van der Waals surface area contributed by atoms with Gasteiger partial charge >= 0.3 is 5.97 Å². The summed E-state index contributed by atoms with van der Waals surface area (Å²) in [6.07, 6.45) is 1.52. The van der Waals surface area contributed by atoms with Crippen molar-refractivity contribution in [2.45, 2.75) is 19.9 Å². The van der Waals surface area contributed by atoms with E-state index in [0.717, 1.165) is 0 Å². The van der Waals surface area contributed by atoms with Gasteiger partial charge in [-0.1, -0.05) is 13.8 Å². The van der Waals surface area contributed by atoms with Crippen LogP contribution in [0.15, 0.2) is 22.8 Å². The van der Waals surface area contributed by atoms with Crippen LogP contribution >= 0.6 is 15.9 Å². The summed E-state index contributed by atoms with van der Waals surface area (Å²) in [7, 11) is 1.29. The van der Waals surface area contributed by atoms with Crippen LogP contribution in [0.5, 0.6) is 0 Å². The Morgan fingerprint density at radius 1 is 1.44 bits per heavy atom. The third-order valence-corrected chi connectivity index (χ3v) is 3.02. The van der Waals surface area contributed by atoms with Crippen LogP contribution in [-0.4, -0.2) is 30.0 Å². The van der Waals surface area contributed by atoms with Gasteiger partial charge in [-0.15, -0.1) is 0 Å². The standard InChI is InChI=1S/C12H15BrN2O3/c1-7(2)9(12(17)18-3)15-11(16)10-8(13)5-4-6-14-10/h4-7,9H,1-3H3,(H,15,16). The van der Waals surface area contributed by atoms with Crippen LogP contribution in [0, 0.1) is 5.92 Å². The molecule has 0 spiro atoms. The summed E-state index contributed by atoms with van der Waals surface area (Å²) in [6.45, 7) is 3.66. The van der Waals surface area contributed by atoms with Crippen molar-refractivity contribution in [2.75, 3.05) is 7.11 Å². The Hall–Kier alpha value is -1.43. The molecule has 0 aliphatic heterocycles. The van der Waals surface area contributed by atoms with Crippen LogP contribution in [0.2, 0.25) is 0 Å². The Kier molecular flexibility index (Phi) is 5.27. The molecule has 0 radical (unpaired) electrons. The third-order valence-electron chi connectivity index (χ3n) is 2.38. The Morgan fingerprint density at radius 3 is 2.61 bits per heavy atom. The first-order valence-corrected chi connectivity index (χ1v) is 6.26. The number of methoxy groups -OCH3 is 1. The van der Waals surface area contributed by atoms with Gasteiger partial charge in [-0.25, -0.2) is 9.78 Å². The first kappa shape index (κ1) is 14.6. The Balaban J connectivity index is 2.86. The lowest BCUT2D eigenvalue weighted by Crippen LogP contribution is -2.45. The zero-order chi connectivity index (χ0) is 13.7. The van der Waals surface area contributed by atoms with E-state index < -0.39 is 17.9 Å². The van der Waals surface area contributed by atoms with Gasteiger partial charge in [0.05, 0.1) is 7.11 Å². The van der Waals surface area contributed by atoms with E-state index in [1.54, 1.807) is 12.1 Å². The molecular formula is C12H15BrN2O3. The van der Waals surface area contributed by atoms with Crippen LogP contribution in [-0.2, 0) is 9.53 Å². The molecule has 1 rings (SSSR count). The minimum Gasteiger partial charge on any atom is -0.467 e. The largest absolute Gasteiger partial charge is 0.467 e. The molecule has 0 saturated carbocycles. The number of pyridine rings is 1. The topological polar surface area (TPSA) is 68.3 Å². The molecule has 1 amide bonds. The van der Waals surface area contributed by atoms with Crippen LogP contribution in [0.1, 0.15) is 24.3 Å². The molecule has 1 heterocycles. The number of carbonyl (C=O) groups excluding carboxylic acids is 2. The van der Waals surface area contributed by atoms with Gasteiger partial charge in [0.2, 0.25) is 0 Å². The van der Waals surface area contributed by atoms with Crippen molar-refractivity contribution in [1.29, 1.82) is 0 Å². The zero-order valence-electron chi connectivity index (χ0n) is 10.4. The van der Waals surface area contributed by atoms with Gasteiger partial charge < -0.3 is 10.1 Å². The van der Waals surface area contributed by atoms with Gasteiger partial charge in [0.15, 0.2) is 0 Å². The number of carbonyl (C=O) groups is 2. The minimum absolute atomic E-state index is 0.0658. The SMILES string of the molecule is COC(=O)C(NC(=O)c1ncccc1Br)C(C)C. The molecular weight excluding hydrogens is 300 g/mol. The molecule has 1 unspecified atom stereocenters.